The Morgan fingerprint density at radius 1 is 1.54 bits per heavy atom. The fourth-order valence-electron chi connectivity index (χ4n) is 0.921. The van der Waals surface area contributed by atoms with Crippen LogP contribution in [0.15, 0.2) is 22.7 Å². The zero-order chi connectivity index (χ0) is 9.68. The minimum absolute atomic E-state index is 0.760. The zero-order valence-electron chi connectivity index (χ0n) is 7.31. The molecule has 0 spiro atoms. The minimum atomic E-state index is 0.760. The quantitative estimate of drug-likeness (QED) is 0.840. The highest BCUT2D eigenvalue weighted by molar-refractivity contribution is 9.10. The number of rotatable bonds is 4. The van der Waals surface area contributed by atoms with Crippen LogP contribution in [0.5, 0.6) is 0 Å². The molecule has 1 rings (SSSR count). The van der Waals surface area contributed by atoms with Gasteiger partial charge in [-0.15, -0.1) is 0 Å². The summed E-state index contributed by atoms with van der Waals surface area (Å²) in [6, 6.07) is 5.85. The van der Waals surface area contributed by atoms with Gasteiger partial charge in [0.1, 0.15) is 0 Å². The van der Waals surface area contributed by atoms with Crippen LogP contribution in [0.25, 0.3) is 0 Å². The van der Waals surface area contributed by atoms with Gasteiger partial charge in [0.25, 0.3) is 0 Å². The molecule has 0 aliphatic rings. The molecule has 0 saturated carbocycles. The molecular formula is C9H11BrClNS. The second kappa shape index (κ2) is 5.78. The first-order chi connectivity index (χ1) is 6.24. The first kappa shape index (κ1) is 11.2. The molecule has 1 aromatic rings. The van der Waals surface area contributed by atoms with E-state index in [1.165, 1.54) is 0 Å². The van der Waals surface area contributed by atoms with Gasteiger partial charge in [-0.05, 0) is 24.5 Å². The van der Waals surface area contributed by atoms with E-state index in [-0.39, 0.29) is 0 Å². The Kier molecular flexibility index (Phi) is 4.99. The first-order valence-electron chi connectivity index (χ1n) is 3.92. The lowest BCUT2D eigenvalue weighted by Crippen LogP contribution is -2.03. The van der Waals surface area contributed by atoms with Crippen molar-refractivity contribution in [2.24, 2.45) is 0 Å². The van der Waals surface area contributed by atoms with Crippen molar-refractivity contribution in [1.29, 1.82) is 0 Å². The highest BCUT2D eigenvalue weighted by Crippen LogP contribution is 2.25. The number of benzene rings is 1. The van der Waals surface area contributed by atoms with Gasteiger partial charge in [0.15, 0.2) is 0 Å². The zero-order valence-corrected chi connectivity index (χ0v) is 10.5. The Balaban J connectivity index is 2.56. The number of nitrogens with one attached hydrogen (secondary N) is 1. The average Bonchev–Trinajstić information content (AvgIpc) is 2.09. The number of hydrogen-bond acceptors (Lipinski definition) is 2. The lowest BCUT2D eigenvalue weighted by atomic mass is 10.3. The van der Waals surface area contributed by atoms with Crippen molar-refractivity contribution in [2.45, 2.75) is 0 Å². The Morgan fingerprint density at radius 2 is 2.31 bits per heavy atom. The van der Waals surface area contributed by atoms with Gasteiger partial charge in [-0.2, -0.15) is 11.8 Å². The summed E-state index contributed by atoms with van der Waals surface area (Å²) in [5.74, 6) is 1.09. The van der Waals surface area contributed by atoms with Crippen LogP contribution in [0.1, 0.15) is 0 Å². The maximum Gasteiger partial charge on any atom is 0.0648 e. The van der Waals surface area contributed by atoms with Gasteiger partial charge >= 0.3 is 0 Å². The number of halogens is 2. The number of hydrogen-bond donors (Lipinski definition) is 1. The fraction of sp³-hybridized carbons (Fsp3) is 0.333. The SMILES string of the molecule is CSCCNc1ccc(Br)cc1Cl. The summed E-state index contributed by atoms with van der Waals surface area (Å²) in [6.07, 6.45) is 2.09. The largest absolute Gasteiger partial charge is 0.383 e. The molecule has 0 radical (unpaired) electrons. The molecule has 0 atom stereocenters. The summed E-state index contributed by atoms with van der Waals surface area (Å²) in [7, 11) is 0. The second-order valence-corrected chi connectivity index (χ2v) is 4.85. The summed E-state index contributed by atoms with van der Waals surface area (Å²) >= 11 is 11.2. The van der Waals surface area contributed by atoms with Crippen LogP contribution in [-0.4, -0.2) is 18.6 Å². The van der Waals surface area contributed by atoms with E-state index in [9.17, 15) is 0 Å². The second-order valence-electron chi connectivity index (χ2n) is 2.54. The predicted molar refractivity (Wildman–Crippen MR) is 66.0 cm³/mol. The van der Waals surface area contributed by atoms with E-state index in [0.29, 0.717) is 0 Å². The fourth-order valence-corrected chi connectivity index (χ4v) is 1.97. The Bertz CT molecular complexity index is 280. The van der Waals surface area contributed by atoms with Gasteiger partial charge < -0.3 is 5.32 Å². The van der Waals surface area contributed by atoms with E-state index in [0.717, 1.165) is 27.5 Å². The number of thioether (sulfide) groups is 1. The maximum atomic E-state index is 6.01. The molecule has 0 fully saturated rings. The molecule has 0 unspecified atom stereocenters. The van der Waals surface area contributed by atoms with Crippen LogP contribution >= 0.6 is 39.3 Å². The van der Waals surface area contributed by atoms with E-state index in [1.54, 1.807) is 0 Å². The van der Waals surface area contributed by atoms with Gasteiger partial charge in [0, 0.05) is 16.8 Å². The van der Waals surface area contributed by atoms with E-state index in [1.807, 2.05) is 30.0 Å². The Hall–Kier alpha value is 0.140. The molecule has 0 aromatic heterocycles. The minimum Gasteiger partial charge on any atom is -0.383 e. The van der Waals surface area contributed by atoms with Crippen LogP contribution in [0.4, 0.5) is 5.69 Å². The molecule has 0 saturated heterocycles. The molecular weight excluding hydrogens is 270 g/mol. The van der Waals surface area contributed by atoms with Crippen LogP contribution in [0, 0.1) is 0 Å². The lowest BCUT2D eigenvalue weighted by molar-refractivity contribution is 1.23. The van der Waals surface area contributed by atoms with Crippen molar-refractivity contribution in [3.05, 3.63) is 27.7 Å². The molecule has 0 aliphatic heterocycles. The molecule has 1 aromatic carbocycles. The third-order valence-corrected chi connectivity index (χ3v) is 2.97. The molecule has 0 bridgehead atoms. The maximum absolute atomic E-state index is 6.01. The van der Waals surface area contributed by atoms with Gasteiger partial charge in [0.05, 0.1) is 10.7 Å². The van der Waals surface area contributed by atoms with Gasteiger partial charge in [0.2, 0.25) is 0 Å². The van der Waals surface area contributed by atoms with Crippen molar-refractivity contribution in [1.82, 2.24) is 0 Å². The Labute approximate surface area is 96.4 Å². The Morgan fingerprint density at radius 3 is 2.92 bits per heavy atom. The third kappa shape index (κ3) is 3.79. The van der Waals surface area contributed by atoms with Crippen LogP contribution < -0.4 is 5.32 Å². The smallest absolute Gasteiger partial charge is 0.0648 e. The van der Waals surface area contributed by atoms with Crippen LogP contribution in [0.2, 0.25) is 5.02 Å². The van der Waals surface area contributed by atoms with Crippen LogP contribution in [0.3, 0.4) is 0 Å². The van der Waals surface area contributed by atoms with Gasteiger partial charge in [-0.1, -0.05) is 27.5 Å². The molecule has 1 N–H and O–H groups in total. The molecule has 4 heteroatoms. The summed E-state index contributed by atoms with van der Waals surface area (Å²) in [6.45, 7) is 0.947. The molecule has 1 nitrogen and oxygen atoms in total. The lowest BCUT2D eigenvalue weighted by Gasteiger charge is -2.07. The first-order valence-corrected chi connectivity index (χ1v) is 6.48. The normalized spacial score (nSPS) is 10.1. The summed E-state index contributed by atoms with van der Waals surface area (Å²) in [5, 5.41) is 4.03. The molecule has 0 heterocycles. The van der Waals surface area contributed by atoms with Crippen LogP contribution in [-0.2, 0) is 0 Å². The molecule has 72 valence electrons. The molecule has 0 amide bonds. The van der Waals surface area contributed by atoms with Crippen molar-refractivity contribution in [2.75, 3.05) is 23.9 Å². The number of anilines is 1. The van der Waals surface area contributed by atoms with E-state index in [2.05, 4.69) is 27.5 Å². The molecule has 0 aliphatic carbocycles. The summed E-state index contributed by atoms with van der Waals surface area (Å²) in [4.78, 5) is 0. The van der Waals surface area contributed by atoms with Gasteiger partial charge in [-0.3, -0.25) is 0 Å². The molecule has 13 heavy (non-hydrogen) atoms. The third-order valence-electron chi connectivity index (χ3n) is 1.55. The van der Waals surface area contributed by atoms with Crippen molar-refractivity contribution in [3.63, 3.8) is 0 Å². The highest BCUT2D eigenvalue weighted by atomic mass is 79.9. The summed E-state index contributed by atoms with van der Waals surface area (Å²) < 4.78 is 1.01. The topological polar surface area (TPSA) is 12.0 Å². The standard InChI is InChI=1S/C9H11BrClNS/c1-13-5-4-12-9-3-2-7(10)6-8(9)11/h2-3,6,12H,4-5H2,1H3. The monoisotopic (exact) mass is 279 g/mol. The van der Waals surface area contributed by atoms with Crippen molar-refractivity contribution >= 4 is 45.0 Å². The van der Waals surface area contributed by atoms with E-state index in [4.69, 9.17) is 11.6 Å². The van der Waals surface area contributed by atoms with Crippen molar-refractivity contribution in [3.8, 4) is 0 Å². The van der Waals surface area contributed by atoms with Gasteiger partial charge in [-0.25, -0.2) is 0 Å². The summed E-state index contributed by atoms with van der Waals surface area (Å²) in [5.41, 5.74) is 0.999. The highest BCUT2D eigenvalue weighted by Gasteiger charge is 1.98. The predicted octanol–water partition coefficient (Wildman–Crippen LogP) is 3.88. The van der Waals surface area contributed by atoms with Crippen molar-refractivity contribution < 1.29 is 0 Å². The average molecular weight is 281 g/mol. The van der Waals surface area contributed by atoms with E-state index >= 15 is 0 Å². The van der Waals surface area contributed by atoms with E-state index < -0.39 is 0 Å².